The van der Waals surface area contributed by atoms with Crippen molar-refractivity contribution < 1.29 is 0 Å². The third kappa shape index (κ3) is 7.10. The van der Waals surface area contributed by atoms with Crippen LogP contribution in [0, 0.1) is 0 Å². The van der Waals surface area contributed by atoms with E-state index in [2.05, 4.69) is 60.6 Å². The lowest BCUT2D eigenvalue weighted by molar-refractivity contribution is 0.391. The summed E-state index contributed by atoms with van der Waals surface area (Å²) in [5.74, 6) is 0.505. The number of hydrogen-bond acceptors (Lipinski definition) is 1. The van der Waals surface area contributed by atoms with Crippen molar-refractivity contribution in [2.75, 3.05) is 7.05 Å². The molecule has 3 N–H and O–H groups in total. The van der Waals surface area contributed by atoms with E-state index >= 15 is 0 Å². The molecule has 0 fully saturated rings. The molecule has 4 heteroatoms. The summed E-state index contributed by atoms with van der Waals surface area (Å²) in [6.07, 6.45) is 1.04. The Bertz CT molecular complexity index is 192. The Labute approximate surface area is 94.7 Å². The summed E-state index contributed by atoms with van der Waals surface area (Å²) in [5, 5.41) is 3.19. The highest BCUT2D eigenvalue weighted by Gasteiger charge is 2.26. The van der Waals surface area contributed by atoms with Crippen molar-refractivity contribution in [2.45, 2.75) is 43.1 Å². The summed E-state index contributed by atoms with van der Waals surface area (Å²) in [5.41, 5.74) is 5.61. The van der Waals surface area contributed by atoms with Gasteiger partial charge in [0.05, 0.1) is 0 Å². The summed E-state index contributed by atoms with van der Waals surface area (Å²) in [6.45, 7) is 8.67. The normalized spacial score (nSPS) is 14.5. The molecule has 0 saturated heterocycles. The first-order valence-corrected chi connectivity index (χ1v) is 5.43. The molecule has 0 aliphatic rings. The second-order valence-electron chi connectivity index (χ2n) is 4.51. The molecule has 0 heterocycles. The molecule has 3 nitrogen and oxygen atoms in total. The van der Waals surface area contributed by atoms with Gasteiger partial charge in [0.15, 0.2) is 5.96 Å². The van der Waals surface area contributed by atoms with Crippen molar-refractivity contribution in [1.82, 2.24) is 5.32 Å². The molecule has 78 valence electrons. The third-order valence-corrected chi connectivity index (χ3v) is 1.95. The van der Waals surface area contributed by atoms with Gasteiger partial charge in [-0.1, -0.05) is 36.4 Å². The number of hydrogen-bond donors (Lipinski definition) is 2. The van der Waals surface area contributed by atoms with Crippen LogP contribution >= 0.6 is 22.6 Å². The molecule has 0 radical (unpaired) electrons. The Morgan fingerprint density at radius 1 is 1.38 bits per heavy atom. The van der Waals surface area contributed by atoms with Crippen LogP contribution in [0.15, 0.2) is 4.99 Å². The minimum atomic E-state index is -0.00567. The van der Waals surface area contributed by atoms with E-state index in [-0.39, 0.29) is 8.96 Å². The first-order chi connectivity index (χ1) is 5.66. The first kappa shape index (κ1) is 13.0. The maximum Gasteiger partial charge on any atom is 0.188 e. The van der Waals surface area contributed by atoms with Gasteiger partial charge in [-0.2, -0.15) is 0 Å². The van der Waals surface area contributed by atoms with Crippen LogP contribution in [-0.2, 0) is 0 Å². The number of rotatable bonds is 3. The minimum absolute atomic E-state index is 0.00567. The van der Waals surface area contributed by atoms with E-state index in [0.29, 0.717) is 5.96 Å². The monoisotopic (exact) mass is 297 g/mol. The van der Waals surface area contributed by atoms with E-state index in [1.54, 1.807) is 7.05 Å². The van der Waals surface area contributed by atoms with Crippen molar-refractivity contribution in [3.63, 3.8) is 0 Å². The highest BCUT2D eigenvalue weighted by molar-refractivity contribution is 14.1. The molecule has 13 heavy (non-hydrogen) atoms. The van der Waals surface area contributed by atoms with Crippen molar-refractivity contribution in [2.24, 2.45) is 10.7 Å². The van der Waals surface area contributed by atoms with Crippen molar-refractivity contribution in [3.8, 4) is 0 Å². The third-order valence-electron chi connectivity index (χ3n) is 1.57. The average Bonchev–Trinajstić information content (AvgIpc) is 1.80. The van der Waals surface area contributed by atoms with Crippen LogP contribution in [-0.4, -0.2) is 22.0 Å². The minimum Gasteiger partial charge on any atom is -0.370 e. The zero-order valence-corrected chi connectivity index (χ0v) is 11.3. The van der Waals surface area contributed by atoms with Crippen LogP contribution in [0.4, 0.5) is 0 Å². The predicted molar refractivity (Wildman–Crippen MR) is 67.5 cm³/mol. The smallest absolute Gasteiger partial charge is 0.188 e. The fraction of sp³-hybridized carbons (Fsp3) is 0.889. The number of nitrogens with one attached hydrogen (secondary N) is 1. The Hall–Kier alpha value is 0. The molecule has 0 rings (SSSR count). The molecule has 0 atom stereocenters. The quantitative estimate of drug-likeness (QED) is 0.362. The molecule has 0 aliphatic carbocycles. The van der Waals surface area contributed by atoms with Crippen LogP contribution < -0.4 is 11.1 Å². The fourth-order valence-corrected chi connectivity index (χ4v) is 2.45. The summed E-state index contributed by atoms with van der Waals surface area (Å²) in [6, 6.07) is 0. The van der Waals surface area contributed by atoms with E-state index in [1.807, 2.05) is 0 Å². The fourth-order valence-electron chi connectivity index (χ4n) is 1.50. The number of aliphatic imine (C=N–C) groups is 1. The Kier molecular flexibility index (Phi) is 4.48. The van der Waals surface area contributed by atoms with E-state index < -0.39 is 0 Å². The van der Waals surface area contributed by atoms with Gasteiger partial charge in [-0.05, 0) is 20.3 Å². The zero-order chi connectivity index (χ0) is 10.7. The Morgan fingerprint density at radius 2 is 1.85 bits per heavy atom. The van der Waals surface area contributed by atoms with Gasteiger partial charge in [0.25, 0.3) is 0 Å². The molecular formula is C9H20IN3. The lowest BCUT2D eigenvalue weighted by Crippen LogP contribution is -2.49. The highest BCUT2D eigenvalue weighted by Crippen LogP contribution is 2.27. The number of halogens is 1. The standard InChI is InChI=1S/C9H20IN3/c1-8(2,10)6-9(3,4)13-7(11)12-5/h6H2,1-5H3,(H3,11,12,13). The maximum atomic E-state index is 5.61. The number of nitrogens with two attached hydrogens (primary N) is 1. The van der Waals surface area contributed by atoms with Gasteiger partial charge in [-0.15, -0.1) is 0 Å². The van der Waals surface area contributed by atoms with E-state index in [0.717, 1.165) is 6.42 Å². The van der Waals surface area contributed by atoms with Gasteiger partial charge in [-0.25, -0.2) is 0 Å². The molecule has 0 aromatic carbocycles. The molecule has 0 aliphatic heterocycles. The maximum absolute atomic E-state index is 5.61. The highest BCUT2D eigenvalue weighted by atomic mass is 127. The lowest BCUT2D eigenvalue weighted by Gasteiger charge is -2.32. The van der Waals surface area contributed by atoms with Crippen LogP contribution in [0.1, 0.15) is 34.1 Å². The second kappa shape index (κ2) is 4.48. The van der Waals surface area contributed by atoms with Gasteiger partial charge < -0.3 is 11.1 Å². The summed E-state index contributed by atoms with van der Waals surface area (Å²) >= 11 is 2.44. The van der Waals surface area contributed by atoms with Gasteiger partial charge in [0.2, 0.25) is 0 Å². The molecule has 0 saturated carbocycles. The van der Waals surface area contributed by atoms with Gasteiger partial charge >= 0.3 is 0 Å². The summed E-state index contributed by atoms with van der Waals surface area (Å²) in [7, 11) is 1.69. The average molecular weight is 297 g/mol. The Balaban J connectivity index is 4.25. The van der Waals surface area contributed by atoms with Gasteiger partial charge in [0.1, 0.15) is 0 Å². The van der Waals surface area contributed by atoms with Crippen LogP contribution in [0.5, 0.6) is 0 Å². The SMILES string of the molecule is CN=C(N)NC(C)(C)CC(C)(C)I. The van der Waals surface area contributed by atoms with Gasteiger partial charge in [0, 0.05) is 16.0 Å². The van der Waals surface area contributed by atoms with Crippen molar-refractivity contribution >= 4 is 28.6 Å². The lowest BCUT2D eigenvalue weighted by atomic mass is 9.93. The van der Waals surface area contributed by atoms with Crippen LogP contribution in [0.3, 0.4) is 0 Å². The summed E-state index contributed by atoms with van der Waals surface area (Å²) in [4.78, 5) is 3.88. The predicted octanol–water partition coefficient (Wildman–Crippen LogP) is 1.90. The summed E-state index contributed by atoms with van der Waals surface area (Å²) < 4.78 is 0.266. The molecule has 0 spiro atoms. The Morgan fingerprint density at radius 3 is 2.15 bits per heavy atom. The van der Waals surface area contributed by atoms with E-state index in [1.165, 1.54) is 0 Å². The topological polar surface area (TPSA) is 50.4 Å². The molecular weight excluding hydrogens is 277 g/mol. The number of nitrogens with zero attached hydrogens (tertiary/aromatic N) is 1. The zero-order valence-electron chi connectivity index (χ0n) is 9.11. The molecule has 0 aromatic heterocycles. The largest absolute Gasteiger partial charge is 0.370 e. The molecule has 0 bridgehead atoms. The molecule has 0 aromatic rings. The number of guanidine groups is 1. The molecule has 0 unspecified atom stereocenters. The second-order valence-corrected chi connectivity index (χ2v) is 7.43. The first-order valence-electron chi connectivity index (χ1n) is 4.36. The van der Waals surface area contributed by atoms with Crippen LogP contribution in [0.2, 0.25) is 0 Å². The van der Waals surface area contributed by atoms with Crippen molar-refractivity contribution in [1.29, 1.82) is 0 Å². The van der Waals surface area contributed by atoms with Crippen molar-refractivity contribution in [3.05, 3.63) is 0 Å². The van der Waals surface area contributed by atoms with E-state index in [9.17, 15) is 0 Å². The van der Waals surface area contributed by atoms with E-state index in [4.69, 9.17) is 5.73 Å². The number of alkyl halides is 1. The van der Waals surface area contributed by atoms with Gasteiger partial charge in [-0.3, -0.25) is 4.99 Å². The molecule has 0 amide bonds. The van der Waals surface area contributed by atoms with Crippen LogP contribution in [0.25, 0.3) is 0 Å².